The highest BCUT2D eigenvalue weighted by Gasteiger charge is 2.36. The van der Waals surface area contributed by atoms with Crippen molar-refractivity contribution in [2.45, 2.75) is 118 Å². The largest absolute Gasteiger partial charge is 0.466 e. The van der Waals surface area contributed by atoms with Crippen LogP contribution in [0.5, 0.6) is 0 Å². The Morgan fingerprint density at radius 2 is 1.63 bits per heavy atom. The summed E-state index contributed by atoms with van der Waals surface area (Å²) in [6.45, 7) is 15.7. The normalized spacial score (nSPS) is 12.8. The van der Waals surface area contributed by atoms with Crippen molar-refractivity contribution in [1.82, 2.24) is 15.5 Å². The summed E-state index contributed by atoms with van der Waals surface area (Å²) in [5, 5.41) is 5.63. The number of rotatable bonds is 17. The molecule has 0 aliphatic carbocycles. The number of esters is 1. The van der Waals surface area contributed by atoms with E-state index < -0.39 is 29.7 Å². The van der Waals surface area contributed by atoms with Crippen LogP contribution in [-0.4, -0.2) is 60.1 Å². The standard InChI is InChI=1S/C32H53N3O6/c1-9-11-12-13-16-21-35(30(38)26(22-23(3)4)34-31(39)41-32(6,7)8)28(25-18-15-14-17-24(25)5)29(37)33-20-19-27(36)40-10-2/h14-15,17-18,23,26,28H,9-13,16,19-22H2,1-8H3,(H,33,37)(H,34,39). The highest BCUT2D eigenvalue weighted by atomic mass is 16.6. The first kappa shape index (κ1) is 35.9. The third kappa shape index (κ3) is 13.9. The molecule has 0 saturated carbocycles. The average Bonchev–Trinajstić information content (AvgIpc) is 2.86. The van der Waals surface area contributed by atoms with Crippen molar-refractivity contribution in [3.8, 4) is 0 Å². The number of aryl methyl sites for hydroxylation is 1. The predicted molar refractivity (Wildman–Crippen MR) is 161 cm³/mol. The van der Waals surface area contributed by atoms with Crippen LogP contribution in [0.15, 0.2) is 24.3 Å². The van der Waals surface area contributed by atoms with E-state index in [4.69, 9.17) is 9.47 Å². The van der Waals surface area contributed by atoms with E-state index in [2.05, 4.69) is 17.6 Å². The molecule has 0 fully saturated rings. The van der Waals surface area contributed by atoms with Crippen molar-refractivity contribution in [2.24, 2.45) is 5.92 Å². The second kappa shape index (κ2) is 18.4. The van der Waals surface area contributed by atoms with E-state index in [1.807, 2.05) is 45.0 Å². The third-order valence-corrected chi connectivity index (χ3v) is 6.46. The van der Waals surface area contributed by atoms with Gasteiger partial charge >= 0.3 is 12.1 Å². The van der Waals surface area contributed by atoms with Crippen LogP contribution in [0.2, 0.25) is 0 Å². The Labute approximate surface area is 247 Å². The summed E-state index contributed by atoms with van der Waals surface area (Å²) in [6.07, 6.45) is 4.59. The van der Waals surface area contributed by atoms with Crippen LogP contribution in [0.3, 0.4) is 0 Å². The first-order valence-corrected chi connectivity index (χ1v) is 15.1. The Balaban J connectivity index is 3.44. The summed E-state index contributed by atoms with van der Waals surface area (Å²) >= 11 is 0. The van der Waals surface area contributed by atoms with Gasteiger partial charge in [-0.15, -0.1) is 0 Å². The molecule has 1 aromatic carbocycles. The topological polar surface area (TPSA) is 114 Å². The summed E-state index contributed by atoms with van der Waals surface area (Å²) in [4.78, 5) is 54.4. The molecule has 1 rings (SSSR count). The number of carbonyl (C=O) groups is 4. The van der Waals surface area contributed by atoms with E-state index in [0.717, 1.165) is 31.2 Å². The quantitative estimate of drug-likeness (QED) is 0.178. The molecule has 3 amide bonds. The zero-order valence-electron chi connectivity index (χ0n) is 26.5. The molecule has 232 valence electrons. The summed E-state index contributed by atoms with van der Waals surface area (Å²) in [5.41, 5.74) is 0.836. The number of amides is 3. The molecule has 0 aliphatic rings. The molecular formula is C32H53N3O6. The van der Waals surface area contributed by atoms with Gasteiger partial charge in [0, 0.05) is 13.1 Å². The molecule has 0 bridgehead atoms. The molecule has 9 nitrogen and oxygen atoms in total. The summed E-state index contributed by atoms with van der Waals surface area (Å²) < 4.78 is 10.5. The third-order valence-electron chi connectivity index (χ3n) is 6.46. The molecule has 41 heavy (non-hydrogen) atoms. The van der Waals surface area contributed by atoms with Gasteiger partial charge in [0.1, 0.15) is 17.7 Å². The molecule has 9 heteroatoms. The van der Waals surface area contributed by atoms with Gasteiger partial charge in [0.25, 0.3) is 0 Å². The van der Waals surface area contributed by atoms with Gasteiger partial charge in [-0.2, -0.15) is 0 Å². The lowest BCUT2D eigenvalue weighted by Gasteiger charge is -2.35. The van der Waals surface area contributed by atoms with Crippen molar-refractivity contribution in [3.63, 3.8) is 0 Å². The molecule has 2 unspecified atom stereocenters. The van der Waals surface area contributed by atoms with Gasteiger partial charge in [0.2, 0.25) is 11.8 Å². The first-order valence-electron chi connectivity index (χ1n) is 15.1. The number of nitrogens with one attached hydrogen (secondary N) is 2. The number of alkyl carbamates (subject to hydrolysis) is 1. The molecule has 0 heterocycles. The molecule has 0 saturated heterocycles. The monoisotopic (exact) mass is 575 g/mol. The Morgan fingerprint density at radius 1 is 0.976 bits per heavy atom. The van der Waals surface area contributed by atoms with Crippen molar-refractivity contribution in [2.75, 3.05) is 19.7 Å². The number of benzene rings is 1. The van der Waals surface area contributed by atoms with E-state index in [1.54, 1.807) is 32.6 Å². The van der Waals surface area contributed by atoms with E-state index in [9.17, 15) is 19.2 Å². The minimum absolute atomic E-state index is 0.0290. The molecule has 0 spiro atoms. The van der Waals surface area contributed by atoms with Crippen LogP contribution in [0, 0.1) is 12.8 Å². The molecule has 1 aromatic rings. The molecule has 0 aromatic heterocycles. The van der Waals surface area contributed by atoms with Crippen LogP contribution in [0.1, 0.15) is 111 Å². The first-order chi connectivity index (χ1) is 19.3. The molecular weight excluding hydrogens is 522 g/mol. The van der Waals surface area contributed by atoms with Gasteiger partial charge in [-0.1, -0.05) is 70.7 Å². The highest BCUT2D eigenvalue weighted by molar-refractivity contribution is 5.92. The Bertz CT molecular complexity index is 972. The highest BCUT2D eigenvalue weighted by Crippen LogP contribution is 2.27. The molecule has 2 N–H and O–H groups in total. The van der Waals surface area contributed by atoms with Gasteiger partial charge < -0.3 is 25.0 Å². The fourth-order valence-electron chi connectivity index (χ4n) is 4.56. The number of hydrogen-bond donors (Lipinski definition) is 2. The lowest BCUT2D eigenvalue weighted by Crippen LogP contribution is -2.53. The molecule has 2 atom stereocenters. The summed E-state index contributed by atoms with van der Waals surface area (Å²) in [5.74, 6) is -1.02. The van der Waals surface area contributed by atoms with Gasteiger partial charge in [-0.25, -0.2) is 4.79 Å². The number of unbranched alkanes of at least 4 members (excludes halogenated alkanes) is 4. The van der Waals surface area contributed by atoms with Crippen molar-refractivity contribution in [3.05, 3.63) is 35.4 Å². The summed E-state index contributed by atoms with van der Waals surface area (Å²) in [7, 11) is 0. The zero-order chi connectivity index (χ0) is 31.0. The van der Waals surface area contributed by atoms with E-state index in [-0.39, 0.29) is 37.3 Å². The number of carbonyl (C=O) groups excluding carboxylic acids is 4. The Hall–Kier alpha value is -3.10. The van der Waals surface area contributed by atoms with Gasteiger partial charge in [0.05, 0.1) is 13.0 Å². The van der Waals surface area contributed by atoms with E-state index in [1.165, 1.54) is 0 Å². The Kier molecular flexibility index (Phi) is 16.1. The fraction of sp³-hybridized carbons (Fsp3) is 0.688. The van der Waals surface area contributed by atoms with Crippen LogP contribution >= 0.6 is 0 Å². The number of hydrogen-bond acceptors (Lipinski definition) is 6. The van der Waals surface area contributed by atoms with Crippen LogP contribution < -0.4 is 10.6 Å². The van der Waals surface area contributed by atoms with Crippen LogP contribution in [0.25, 0.3) is 0 Å². The van der Waals surface area contributed by atoms with Crippen LogP contribution in [0.4, 0.5) is 4.79 Å². The maximum absolute atomic E-state index is 14.3. The smallest absolute Gasteiger partial charge is 0.408 e. The van der Waals surface area contributed by atoms with Crippen LogP contribution in [-0.2, 0) is 23.9 Å². The van der Waals surface area contributed by atoms with Crippen molar-refractivity contribution in [1.29, 1.82) is 0 Å². The summed E-state index contributed by atoms with van der Waals surface area (Å²) in [6, 6.07) is 5.67. The second-order valence-electron chi connectivity index (χ2n) is 11.9. The van der Waals surface area contributed by atoms with Gasteiger partial charge in [-0.3, -0.25) is 14.4 Å². The average molecular weight is 576 g/mol. The minimum atomic E-state index is -0.938. The SMILES string of the molecule is CCCCCCCN(C(=O)C(CC(C)C)NC(=O)OC(C)(C)C)C(C(=O)NCCC(=O)OCC)c1ccccc1C. The van der Waals surface area contributed by atoms with Gasteiger partial charge in [0.15, 0.2) is 0 Å². The molecule has 0 aliphatic heterocycles. The van der Waals surface area contributed by atoms with Gasteiger partial charge in [-0.05, 0) is 64.5 Å². The second-order valence-corrected chi connectivity index (χ2v) is 11.9. The minimum Gasteiger partial charge on any atom is -0.466 e. The maximum atomic E-state index is 14.3. The Morgan fingerprint density at radius 3 is 2.22 bits per heavy atom. The van der Waals surface area contributed by atoms with E-state index in [0.29, 0.717) is 24.9 Å². The van der Waals surface area contributed by atoms with Crippen molar-refractivity contribution >= 4 is 23.9 Å². The van der Waals surface area contributed by atoms with Crippen molar-refractivity contribution < 1.29 is 28.7 Å². The predicted octanol–water partition coefficient (Wildman–Crippen LogP) is 5.84. The van der Waals surface area contributed by atoms with E-state index >= 15 is 0 Å². The zero-order valence-corrected chi connectivity index (χ0v) is 26.5. The maximum Gasteiger partial charge on any atom is 0.408 e. The number of ether oxygens (including phenoxy) is 2. The number of nitrogens with zero attached hydrogens (tertiary/aromatic N) is 1. The lowest BCUT2D eigenvalue weighted by molar-refractivity contribution is -0.144. The fourth-order valence-corrected chi connectivity index (χ4v) is 4.56. The molecule has 0 radical (unpaired) electrons. The lowest BCUT2D eigenvalue weighted by atomic mass is 9.96.